The van der Waals surface area contributed by atoms with Gasteiger partial charge in [-0.15, -0.1) is 0 Å². The lowest BCUT2D eigenvalue weighted by molar-refractivity contribution is -0.115. The second-order valence-electron chi connectivity index (χ2n) is 10.6. The van der Waals surface area contributed by atoms with Crippen molar-refractivity contribution < 1.29 is 14.3 Å². The summed E-state index contributed by atoms with van der Waals surface area (Å²) in [6.07, 6.45) is 12.4. The van der Waals surface area contributed by atoms with E-state index >= 15 is 0 Å². The van der Waals surface area contributed by atoms with Gasteiger partial charge >= 0.3 is 0 Å². The molecule has 0 aromatic carbocycles. The summed E-state index contributed by atoms with van der Waals surface area (Å²) in [5.41, 5.74) is 1.74. The molecule has 0 aromatic heterocycles. The zero-order chi connectivity index (χ0) is 21.2. The first-order chi connectivity index (χ1) is 13.5. The molecule has 1 N–H and O–H groups in total. The summed E-state index contributed by atoms with van der Waals surface area (Å²) >= 11 is 3.81. The van der Waals surface area contributed by atoms with Crippen molar-refractivity contribution in [3.63, 3.8) is 0 Å². The van der Waals surface area contributed by atoms with Gasteiger partial charge in [-0.1, -0.05) is 47.0 Å². The number of nitrogens with zero attached hydrogens (tertiary/aromatic N) is 1. The number of aliphatic hydroxyl groups is 1. The minimum absolute atomic E-state index is 0.0185. The number of fused-ring (bicyclic) bond motifs is 5. The molecule has 4 nitrogen and oxygen atoms in total. The number of alkyl halides is 1. The number of ketones is 1. The maximum absolute atomic E-state index is 12.0. The second-order valence-corrected chi connectivity index (χ2v) is 16.4. The fourth-order valence-electron chi connectivity index (χ4n) is 7.06. The molecule has 4 rings (SSSR count). The van der Waals surface area contributed by atoms with Crippen molar-refractivity contribution in [1.82, 2.24) is 0 Å². The van der Waals surface area contributed by atoms with Crippen LogP contribution in [-0.4, -0.2) is 29.3 Å². The van der Waals surface area contributed by atoms with Crippen LogP contribution >= 0.6 is 15.9 Å². The minimum atomic E-state index is -2.42. The van der Waals surface area contributed by atoms with Crippen LogP contribution in [0.25, 0.3) is 0 Å². The van der Waals surface area contributed by atoms with Gasteiger partial charge in [-0.05, 0) is 69.5 Å². The van der Waals surface area contributed by atoms with Gasteiger partial charge in [-0.25, -0.2) is 0 Å². The predicted octanol–water partition coefficient (Wildman–Crippen LogP) is 5.17. The highest BCUT2D eigenvalue weighted by Gasteiger charge is 2.66. The monoisotopic (exact) mass is 477 g/mol. The first-order valence-corrected chi connectivity index (χ1v) is 14.8. The van der Waals surface area contributed by atoms with Gasteiger partial charge in [0.2, 0.25) is 0 Å². The second kappa shape index (κ2) is 6.80. The Morgan fingerprint density at radius 2 is 2.03 bits per heavy atom. The maximum atomic E-state index is 12.0. The Labute approximate surface area is 183 Å². The van der Waals surface area contributed by atoms with Gasteiger partial charge in [0.05, 0.1) is 10.1 Å². The van der Waals surface area contributed by atoms with Crippen molar-refractivity contribution in [1.29, 1.82) is 5.26 Å². The Morgan fingerprint density at radius 1 is 1.31 bits per heavy atom. The summed E-state index contributed by atoms with van der Waals surface area (Å²) in [4.78, 5) is 12.0. The molecular weight excluding hydrogens is 446 g/mol. The van der Waals surface area contributed by atoms with Gasteiger partial charge in [0.15, 0.2) is 5.78 Å². The molecule has 0 aromatic rings. The molecule has 0 amide bonds. The maximum Gasteiger partial charge on any atom is 0.277 e. The molecule has 6 atom stereocenters. The lowest BCUT2D eigenvalue weighted by Crippen LogP contribution is -2.62. The van der Waals surface area contributed by atoms with Crippen LogP contribution in [0.1, 0.15) is 58.8 Å². The number of hydrogen-bond acceptors (Lipinski definition) is 4. The number of carbonyl (C=O) groups excluding carboxylic acids is 1. The average molecular weight is 479 g/mol. The van der Waals surface area contributed by atoms with Gasteiger partial charge in [0.1, 0.15) is 0 Å². The SMILES string of the molecule is C[C@]12CCC(=O)C=C1CCC1C2=CC[C@@]2(C)C1CC[C@]2(O)[C@H](Br)[Si](C)(C)OC#N. The minimum Gasteiger partial charge on any atom is -0.481 e. The molecule has 0 bridgehead atoms. The van der Waals surface area contributed by atoms with Crippen molar-refractivity contribution in [2.24, 2.45) is 22.7 Å². The molecule has 2 fully saturated rings. The van der Waals surface area contributed by atoms with E-state index in [-0.39, 0.29) is 21.1 Å². The van der Waals surface area contributed by atoms with Crippen molar-refractivity contribution in [3.05, 3.63) is 23.3 Å². The molecule has 0 radical (unpaired) electrons. The van der Waals surface area contributed by atoms with E-state index in [2.05, 4.69) is 35.9 Å². The van der Waals surface area contributed by atoms with Crippen LogP contribution in [0.3, 0.4) is 0 Å². The molecule has 2 unspecified atom stereocenters. The standard InChI is InChI=1S/C23H32BrNO3Si/c1-21-10-7-16(26)13-15(21)5-6-17-18(21)8-11-22(2)19(17)9-12-23(22,27)20(24)29(3,4)28-14-25/h8,13,17,19-20,27H,5-7,9-12H2,1-4H3/t17?,19?,20-,21+,22+,23+/m1/s1. The van der Waals surface area contributed by atoms with E-state index in [0.29, 0.717) is 18.3 Å². The molecule has 29 heavy (non-hydrogen) atoms. The van der Waals surface area contributed by atoms with Crippen LogP contribution in [0.2, 0.25) is 13.1 Å². The van der Waals surface area contributed by atoms with E-state index in [1.807, 2.05) is 25.4 Å². The van der Waals surface area contributed by atoms with Crippen LogP contribution in [-0.2, 0) is 9.22 Å². The molecule has 4 aliphatic carbocycles. The van der Waals surface area contributed by atoms with E-state index in [4.69, 9.17) is 9.69 Å². The first-order valence-electron chi connectivity index (χ1n) is 10.9. The molecule has 158 valence electrons. The fraction of sp³-hybridized carbons (Fsp3) is 0.739. The third-order valence-corrected chi connectivity index (χ3v) is 15.3. The highest BCUT2D eigenvalue weighted by atomic mass is 79.9. The Hall–Kier alpha value is -0.903. The molecule has 2 saturated carbocycles. The zero-order valence-corrected chi connectivity index (χ0v) is 20.5. The van der Waals surface area contributed by atoms with Crippen molar-refractivity contribution in [2.75, 3.05) is 0 Å². The summed E-state index contributed by atoms with van der Waals surface area (Å²) in [6.45, 7) is 8.59. The van der Waals surface area contributed by atoms with Gasteiger partial charge in [0, 0.05) is 17.3 Å². The van der Waals surface area contributed by atoms with Crippen molar-refractivity contribution in [2.45, 2.75) is 81.9 Å². The van der Waals surface area contributed by atoms with E-state index in [9.17, 15) is 9.90 Å². The van der Waals surface area contributed by atoms with Crippen LogP contribution in [0.5, 0.6) is 0 Å². The Bertz CT molecular complexity index is 846. The Balaban J connectivity index is 1.71. The lowest BCUT2D eigenvalue weighted by atomic mass is 9.51. The predicted molar refractivity (Wildman–Crippen MR) is 119 cm³/mol. The van der Waals surface area contributed by atoms with Crippen LogP contribution in [0.4, 0.5) is 0 Å². The molecule has 4 aliphatic rings. The molecular formula is C23H32BrNO3Si. The first kappa shape index (κ1) is 21.3. The lowest BCUT2D eigenvalue weighted by Gasteiger charge is -2.56. The number of hydrogen-bond donors (Lipinski definition) is 1. The van der Waals surface area contributed by atoms with E-state index in [0.717, 1.165) is 38.5 Å². The number of carbonyl (C=O) groups is 1. The smallest absolute Gasteiger partial charge is 0.277 e. The highest BCUT2D eigenvalue weighted by Crippen LogP contribution is 2.67. The number of allylic oxidation sites excluding steroid dienone is 4. The van der Waals surface area contributed by atoms with Crippen LogP contribution in [0, 0.1) is 34.2 Å². The number of halogens is 1. The average Bonchev–Trinajstić information content (AvgIpc) is 2.94. The molecule has 0 aliphatic heterocycles. The Kier molecular flexibility index (Phi) is 5.00. The topological polar surface area (TPSA) is 70.3 Å². The Morgan fingerprint density at radius 3 is 2.72 bits per heavy atom. The summed E-state index contributed by atoms with van der Waals surface area (Å²) in [7, 11) is -2.42. The fourth-order valence-corrected chi connectivity index (χ4v) is 10.1. The van der Waals surface area contributed by atoms with Crippen molar-refractivity contribution >= 4 is 30.0 Å². The van der Waals surface area contributed by atoms with Crippen molar-refractivity contribution in [3.8, 4) is 6.26 Å². The summed E-state index contributed by atoms with van der Waals surface area (Å²) in [5.74, 6) is 1.18. The molecule has 6 heteroatoms. The quantitative estimate of drug-likeness (QED) is 0.263. The summed E-state index contributed by atoms with van der Waals surface area (Å²) in [6, 6.07) is 0. The number of rotatable bonds is 3. The molecule has 0 heterocycles. The summed E-state index contributed by atoms with van der Waals surface area (Å²) in [5, 5.41) is 21.1. The third-order valence-electron chi connectivity index (χ3n) is 8.89. The number of nitriles is 1. The van der Waals surface area contributed by atoms with E-state index < -0.39 is 13.9 Å². The largest absolute Gasteiger partial charge is 0.481 e. The van der Waals surface area contributed by atoms with Gasteiger partial charge in [0.25, 0.3) is 14.6 Å². The molecule has 0 spiro atoms. The molecule has 0 saturated heterocycles. The zero-order valence-electron chi connectivity index (χ0n) is 17.9. The third kappa shape index (κ3) is 2.87. The highest BCUT2D eigenvalue weighted by molar-refractivity contribution is 9.10. The van der Waals surface area contributed by atoms with E-state index in [1.54, 1.807) is 0 Å². The summed E-state index contributed by atoms with van der Waals surface area (Å²) < 4.78 is 5.28. The normalized spacial score (nSPS) is 42.6. The van der Waals surface area contributed by atoms with Crippen LogP contribution in [0.15, 0.2) is 23.3 Å². The van der Waals surface area contributed by atoms with E-state index in [1.165, 1.54) is 11.1 Å². The van der Waals surface area contributed by atoms with Gasteiger partial charge < -0.3 is 9.53 Å². The van der Waals surface area contributed by atoms with Gasteiger partial charge in [-0.2, -0.15) is 5.26 Å². The van der Waals surface area contributed by atoms with Crippen LogP contribution < -0.4 is 0 Å². The van der Waals surface area contributed by atoms with Gasteiger partial charge in [-0.3, -0.25) is 4.79 Å².